The van der Waals surface area contributed by atoms with Gasteiger partial charge in [-0.25, -0.2) is 0 Å². The number of hydrogen-bond acceptors (Lipinski definition) is 6. The van der Waals surface area contributed by atoms with Gasteiger partial charge in [-0.2, -0.15) is 0 Å². The molecule has 0 saturated carbocycles. The van der Waals surface area contributed by atoms with Gasteiger partial charge in [0, 0.05) is 23.6 Å². The number of Topliss-reactive ketones (excluding diaryl/α,β-unsaturated/α-hetero) is 1. The molecule has 0 atom stereocenters. The molecule has 2 aromatic carbocycles. The van der Waals surface area contributed by atoms with Gasteiger partial charge in [-0.05, 0) is 25.1 Å². The number of carbonyl (C=O) groups is 2. The third-order valence-corrected chi connectivity index (χ3v) is 4.49. The van der Waals surface area contributed by atoms with E-state index in [1.54, 1.807) is 18.2 Å². The van der Waals surface area contributed by atoms with E-state index in [-0.39, 0.29) is 23.2 Å². The van der Waals surface area contributed by atoms with Gasteiger partial charge in [-0.15, -0.1) is 0 Å². The molecule has 0 radical (unpaired) electrons. The van der Waals surface area contributed by atoms with E-state index in [2.05, 4.69) is 5.32 Å². The third-order valence-electron chi connectivity index (χ3n) is 4.20. The maximum Gasteiger partial charge on any atom is 0.255 e. The van der Waals surface area contributed by atoms with Crippen molar-refractivity contribution in [3.63, 3.8) is 0 Å². The Hall–Kier alpha value is -2.93. The van der Waals surface area contributed by atoms with Gasteiger partial charge in [0.05, 0.1) is 23.9 Å². The number of ether oxygens (including phenoxy) is 4. The first-order valence-corrected chi connectivity index (χ1v) is 8.76. The predicted molar refractivity (Wildman–Crippen MR) is 97.6 cm³/mol. The van der Waals surface area contributed by atoms with Crippen molar-refractivity contribution in [2.75, 3.05) is 25.3 Å². The van der Waals surface area contributed by atoms with Crippen LogP contribution in [0.4, 0.5) is 5.69 Å². The molecule has 2 aliphatic rings. The van der Waals surface area contributed by atoms with Crippen LogP contribution in [-0.4, -0.2) is 31.7 Å². The van der Waals surface area contributed by atoms with Crippen LogP contribution in [0.2, 0.25) is 5.02 Å². The smallest absolute Gasteiger partial charge is 0.255 e. The van der Waals surface area contributed by atoms with Crippen LogP contribution in [-0.2, 0) is 0 Å². The van der Waals surface area contributed by atoms with Gasteiger partial charge in [0.1, 0.15) is 0 Å². The molecule has 7 nitrogen and oxygen atoms in total. The van der Waals surface area contributed by atoms with E-state index in [9.17, 15) is 9.59 Å². The summed E-state index contributed by atoms with van der Waals surface area (Å²) >= 11 is 6.25. The van der Waals surface area contributed by atoms with Crippen molar-refractivity contribution >= 4 is 29.0 Å². The van der Waals surface area contributed by atoms with Crippen LogP contribution in [0, 0.1) is 0 Å². The topological polar surface area (TPSA) is 83.1 Å². The highest BCUT2D eigenvalue weighted by atomic mass is 35.5. The molecular weight excluding hydrogens is 374 g/mol. The molecule has 0 aromatic heterocycles. The molecule has 27 heavy (non-hydrogen) atoms. The molecule has 2 aliphatic heterocycles. The first-order valence-electron chi connectivity index (χ1n) is 8.38. The van der Waals surface area contributed by atoms with Gasteiger partial charge in [0.25, 0.3) is 5.91 Å². The van der Waals surface area contributed by atoms with Gasteiger partial charge in [-0.3, -0.25) is 9.59 Å². The Bertz CT molecular complexity index is 942. The van der Waals surface area contributed by atoms with E-state index in [1.165, 1.54) is 13.0 Å². The number of fused-ring (bicyclic) bond motifs is 2. The van der Waals surface area contributed by atoms with Crippen molar-refractivity contribution in [2.24, 2.45) is 0 Å². The fourth-order valence-corrected chi connectivity index (χ4v) is 3.16. The highest BCUT2D eigenvalue weighted by Gasteiger charge is 2.22. The average molecular weight is 390 g/mol. The number of rotatable bonds is 3. The molecule has 0 bridgehead atoms. The van der Waals surface area contributed by atoms with Crippen molar-refractivity contribution in [2.45, 2.75) is 13.3 Å². The van der Waals surface area contributed by atoms with E-state index in [0.29, 0.717) is 47.5 Å². The van der Waals surface area contributed by atoms with Gasteiger partial charge in [0.15, 0.2) is 28.8 Å². The molecule has 1 N–H and O–H groups in total. The summed E-state index contributed by atoms with van der Waals surface area (Å²) in [5, 5.41) is 3.03. The number of benzene rings is 2. The van der Waals surface area contributed by atoms with Gasteiger partial charge in [-0.1, -0.05) is 11.6 Å². The van der Waals surface area contributed by atoms with E-state index >= 15 is 0 Å². The van der Waals surface area contributed by atoms with Crippen LogP contribution in [0.1, 0.15) is 34.1 Å². The lowest BCUT2D eigenvalue weighted by Gasteiger charge is -2.13. The number of ketones is 1. The summed E-state index contributed by atoms with van der Waals surface area (Å²) in [4.78, 5) is 24.7. The fraction of sp³-hybridized carbons (Fsp3) is 0.263. The highest BCUT2D eigenvalue weighted by molar-refractivity contribution is 6.32. The number of anilines is 1. The summed E-state index contributed by atoms with van der Waals surface area (Å²) in [7, 11) is 0. The lowest BCUT2D eigenvalue weighted by molar-refractivity contribution is 0.101. The van der Waals surface area contributed by atoms with Crippen LogP contribution < -0.4 is 24.3 Å². The molecular formula is C19H16ClNO6. The summed E-state index contributed by atoms with van der Waals surface area (Å²) in [6, 6.07) is 6.20. The lowest BCUT2D eigenvalue weighted by Crippen LogP contribution is -2.14. The minimum Gasteiger partial charge on any atom is -0.489 e. The van der Waals surface area contributed by atoms with Crippen LogP contribution in [0.15, 0.2) is 24.3 Å². The summed E-state index contributed by atoms with van der Waals surface area (Å²) in [6.07, 6.45) is 0.728. The Morgan fingerprint density at radius 3 is 2.48 bits per heavy atom. The normalized spacial score (nSPS) is 14.4. The van der Waals surface area contributed by atoms with Gasteiger partial charge >= 0.3 is 0 Å². The molecule has 140 valence electrons. The van der Waals surface area contributed by atoms with Crippen molar-refractivity contribution < 1.29 is 28.5 Å². The first-order chi connectivity index (χ1) is 13.0. The Kier molecular flexibility index (Phi) is 4.53. The van der Waals surface area contributed by atoms with Crippen molar-refractivity contribution in [3.8, 4) is 23.0 Å². The summed E-state index contributed by atoms with van der Waals surface area (Å²) in [5.74, 6) is 1.14. The van der Waals surface area contributed by atoms with E-state index < -0.39 is 5.91 Å². The van der Waals surface area contributed by atoms with Crippen molar-refractivity contribution in [1.82, 2.24) is 0 Å². The molecule has 1 amide bonds. The Morgan fingerprint density at radius 2 is 1.70 bits per heavy atom. The highest BCUT2D eigenvalue weighted by Crippen LogP contribution is 2.39. The van der Waals surface area contributed by atoms with E-state index in [1.807, 2.05) is 0 Å². The quantitative estimate of drug-likeness (QED) is 0.806. The molecule has 0 spiro atoms. The first kappa shape index (κ1) is 17.5. The molecule has 0 aliphatic carbocycles. The van der Waals surface area contributed by atoms with Gasteiger partial charge < -0.3 is 24.3 Å². The standard InChI is InChI=1S/C19H16ClNO6/c1-10(22)12-7-15-16(27-9-26-15)8-14(12)21-19(23)11-5-13(20)18-17(6-11)24-3-2-4-25-18/h5-8H,2-4,9H2,1H3,(H,21,23). The number of halogens is 1. The van der Waals surface area contributed by atoms with Crippen LogP contribution >= 0.6 is 11.6 Å². The summed E-state index contributed by atoms with van der Waals surface area (Å²) < 4.78 is 21.8. The predicted octanol–water partition coefficient (Wildman–Crippen LogP) is 3.68. The van der Waals surface area contributed by atoms with E-state index in [0.717, 1.165) is 6.42 Å². The fourth-order valence-electron chi connectivity index (χ4n) is 2.89. The second kappa shape index (κ2) is 7.00. The van der Waals surface area contributed by atoms with Crippen LogP contribution in [0.3, 0.4) is 0 Å². The zero-order valence-corrected chi connectivity index (χ0v) is 15.2. The summed E-state index contributed by atoms with van der Waals surface area (Å²) in [6.45, 7) is 2.46. The minimum atomic E-state index is -0.436. The second-order valence-electron chi connectivity index (χ2n) is 6.10. The second-order valence-corrected chi connectivity index (χ2v) is 6.50. The van der Waals surface area contributed by atoms with Crippen LogP contribution in [0.25, 0.3) is 0 Å². The number of carbonyl (C=O) groups excluding carboxylic acids is 2. The zero-order chi connectivity index (χ0) is 19.0. The zero-order valence-electron chi connectivity index (χ0n) is 14.5. The molecule has 0 saturated heterocycles. The SMILES string of the molecule is CC(=O)c1cc2c(cc1NC(=O)c1cc(Cl)c3c(c1)OCCCO3)OCO2. The minimum absolute atomic E-state index is 0.0713. The molecule has 8 heteroatoms. The molecule has 0 fully saturated rings. The van der Waals surface area contributed by atoms with E-state index in [4.69, 9.17) is 30.5 Å². The molecule has 2 aromatic rings. The maximum atomic E-state index is 12.8. The molecule has 0 unspecified atom stereocenters. The monoisotopic (exact) mass is 389 g/mol. The number of hydrogen-bond donors (Lipinski definition) is 1. The van der Waals surface area contributed by atoms with Crippen molar-refractivity contribution in [3.05, 3.63) is 40.4 Å². The lowest BCUT2D eigenvalue weighted by atomic mass is 10.1. The average Bonchev–Trinajstić information content (AvgIpc) is 2.95. The number of amides is 1. The molecule has 4 rings (SSSR count). The van der Waals surface area contributed by atoms with Gasteiger partial charge in [0.2, 0.25) is 6.79 Å². The largest absolute Gasteiger partial charge is 0.489 e. The molecule has 2 heterocycles. The Morgan fingerprint density at radius 1 is 0.963 bits per heavy atom. The third kappa shape index (κ3) is 3.38. The Balaban J connectivity index is 1.66. The maximum absolute atomic E-state index is 12.8. The van der Waals surface area contributed by atoms with Crippen LogP contribution in [0.5, 0.6) is 23.0 Å². The summed E-state index contributed by atoms with van der Waals surface area (Å²) in [5.41, 5.74) is 0.949. The number of nitrogens with one attached hydrogen (secondary N) is 1. The Labute approximate surface area is 160 Å². The van der Waals surface area contributed by atoms with Crippen molar-refractivity contribution in [1.29, 1.82) is 0 Å².